The molecule has 11 heteroatoms. The minimum Gasteiger partial charge on any atom is -0.432 e. The molecule has 0 unspecified atom stereocenters. The maximum Gasteiger partial charge on any atom is 0.400 e. The van der Waals surface area contributed by atoms with Gasteiger partial charge in [0.2, 0.25) is 0 Å². The van der Waals surface area contributed by atoms with Crippen LogP contribution in [0, 0.1) is 46.8 Å². The van der Waals surface area contributed by atoms with E-state index in [9.17, 15) is 39.5 Å². The van der Waals surface area contributed by atoms with Gasteiger partial charge in [-0.05, 0) is 87.7 Å². The lowest BCUT2D eigenvalue weighted by Crippen LogP contribution is -2.37. The molecule has 0 atom stereocenters. The topological polar surface area (TPSA) is 18.5 Å². The van der Waals surface area contributed by atoms with Crippen LogP contribution in [0.3, 0.4) is 0 Å². The molecule has 2 fully saturated rings. The van der Waals surface area contributed by atoms with Gasteiger partial charge in [0, 0.05) is 29.9 Å². The fourth-order valence-corrected chi connectivity index (χ4v) is 6.02. The highest BCUT2D eigenvalue weighted by atomic mass is 19.3. The van der Waals surface area contributed by atoms with Gasteiger partial charge in [0.1, 0.15) is 24.0 Å². The van der Waals surface area contributed by atoms with Crippen molar-refractivity contribution in [3.05, 3.63) is 82.5 Å². The lowest BCUT2D eigenvalue weighted by molar-refractivity contribution is -0.223. The number of benzene rings is 2. The Balaban J connectivity index is 1.27. The highest BCUT2D eigenvalue weighted by Crippen LogP contribution is 2.42. The molecule has 2 aliphatic carbocycles. The molecule has 4 rings (SSSR count). The summed E-state index contributed by atoms with van der Waals surface area (Å²) < 4.78 is 137. The van der Waals surface area contributed by atoms with Crippen LogP contribution < -0.4 is 4.74 Å². The van der Waals surface area contributed by atoms with Gasteiger partial charge in [-0.15, -0.1) is 0 Å². The second-order valence-electron chi connectivity index (χ2n) is 11.6. The van der Waals surface area contributed by atoms with Crippen molar-refractivity contribution in [3.63, 3.8) is 0 Å². The molecule has 0 aliphatic heterocycles. The third-order valence-electron chi connectivity index (χ3n) is 8.44. The predicted molar refractivity (Wildman–Crippen MR) is 148 cm³/mol. The fourth-order valence-electron chi connectivity index (χ4n) is 6.02. The largest absolute Gasteiger partial charge is 0.432 e. The van der Waals surface area contributed by atoms with Gasteiger partial charge in [-0.1, -0.05) is 19.1 Å². The van der Waals surface area contributed by atoms with Crippen molar-refractivity contribution in [2.24, 2.45) is 17.8 Å². The number of hydrogen-bond acceptors (Lipinski definition) is 2. The first-order chi connectivity index (χ1) is 20.9. The van der Waals surface area contributed by atoms with Crippen LogP contribution >= 0.6 is 0 Å². The van der Waals surface area contributed by atoms with E-state index in [1.54, 1.807) is 6.92 Å². The lowest BCUT2D eigenvalue weighted by atomic mass is 9.77. The Kier molecular flexibility index (Phi) is 11.5. The van der Waals surface area contributed by atoms with Crippen LogP contribution in [0.15, 0.2) is 42.2 Å². The Morgan fingerprint density at radius 2 is 1.30 bits per heavy atom. The van der Waals surface area contributed by atoms with Crippen LogP contribution in [0.4, 0.5) is 39.5 Å². The van der Waals surface area contributed by atoms with Gasteiger partial charge >= 0.3 is 6.11 Å². The van der Waals surface area contributed by atoms with Crippen molar-refractivity contribution < 1.29 is 49.0 Å². The summed E-state index contributed by atoms with van der Waals surface area (Å²) in [7, 11) is 0. The van der Waals surface area contributed by atoms with Crippen LogP contribution in [0.1, 0.15) is 81.8 Å². The molecule has 0 saturated heterocycles. The van der Waals surface area contributed by atoms with Crippen molar-refractivity contribution >= 4 is 5.83 Å². The zero-order chi connectivity index (χ0) is 32.0. The summed E-state index contributed by atoms with van der Waals surface area (Å²) in [6.45, 7) is 1.41. The number of alkyl halides is 2. The van der Waals surface area contributed by atoms with Gasteiger partial charge in [0.15, 0.2) is 29.1 Å². The molecule has 2 aromatic carbocycles. The molecule has 2 aliphatic rings. The van der Waals surface area contributed by atoms with Gasteiger partial charge in [-0.3, -0.25) is 0 Å². The van der Waals surface area contributed by atoms with E-state index in [4.69, 9.17) is 4.74 Å². The Morgan fingerprint density at radius 3 is 1.82 bits per heavy atom. The first-order valence-electron chi connectivity index (χ1n) is 14.9. The third kappa shape index (κ3) is 8.40. The molecule has 2 saturated carbocycles. The molecule has 2 aromatic rings. The molecule has 0 radical (unpaired) electrons. The number of hydrogen-bond donors (Lipinski definition) is 0. The molecule has 0 bridgehead atoms. The molecule has 0 amide bonds. The highest BCUT2D eigenvalue weighted by Gasteiger charge is 2.44. The summed E-state index contributed by atoms with van der Waals surface area (Å²) in [5.41, 5.74) is -0.658. The average Bonchev–Trinajstić information content (AvgIpc) is 2.98. The molecule has 0 N–H and O–H groups in total. The number of ether oxygens (including phenoxy) is 2. The zero-order valence-corrected chi connectivity index (χ0v) is 24.3. The minimum absolute atomic E-state index is 0.0404. The van der Waals surface area contributed by atoms with Crippen molar-refractivity contribution in [3.8, 4) is 5.75 Å². The van der Waals surface area contributed by atoms with Gasteiger partial charge in [0.25, 0.3) is 0 Å². The molecular formula is C33H35F9O2. The fraction of sp³-hybridized carbons (Fsp3) is 0.515. The molecule has 242 valence electrons. The highest BCUT2D eigenvalue weighted by molar-refractivity contribution is 5.61. The third-order valence-corrected chi connectivity index (χ3v) is 8.44. The van der Waals surface area contributed by atoms with Gasteiger partial charge < -0.3 is 9.47 Å². The van der Waals surface area contributed by atoms with E-state index in [1.165, 1.54) is 0 Å². The average molecular weight is 635 g/mol. The normalized spacial score (nSPS) is 23.6. The van der Waals surface area contributed by atoms with E-state index in [-0.39, 0.29) is 36.8 Å². The van der Waals surface area contributed by atoms with E-state index >= 15 is 0 Å². The first kappa shape index (κ1) is 33.9. The van der Waals surface area contributed by atoms with Crippen molar-refractivity contribution in [2.75, 3.05) is 13.2 Å². The second-order valence-corrected chi connectivity index (χ2v) is 11.6. The van der Waals surface area contributed by atoms with Gasteiger partial charge in [0.05, 0.1) is 5.92 Å². The van der Waals surface area contributed by atoms with Gasteiger partial charge in [-0.2, -0.15) is 8.78 Å². The Hall–Kier alpha value is -2.95. The molecule has 44 heavy (non-hydrogen) atoms. The lowest BCUT2D eigenvalue weighted by Gasteiger charge is -2.32. The van der Waals surface area contributed by atoms with Gasteiger partial charge in [-0.25, -0.2) is 30.7 Å². The van der Waals surface area contributed by atoms with Crippen LogP contribution in [-0.4, -0.2) is 19.3 Å². The molecule has 0 aromatic heterocycles. The summed E-state index contributed by atoms with van der Waals surface area (Å²) in [6.07, 6.45) is 4.29. The number of halogens is 9. The molecule has 0 spiro atoms. The van der Waals surface area contributed by atoms with Crippen LogP contribution in [0.25, 0.3) is 5.83 Å². The second kappa shape index (κ2) is 14.9. The predicted octanol–water partition coefficient (Wildman–Crippen LogP) is 10.7. The first-order valence-corrected chi connectivity index (χ1v) is 14.9. The molecule has 0 heterocycles. The van der Waals surface area contributed by atoms with Crippen LogP contribution in [-0.2, 0) is 4.74 Å². The smallest absolute Gasteiger partial charge is 0.400 e. The quantitative estimate of drug-likeness (QED) is 0.106. The number of rotatable bonds is 11. The summed E-state index contributed by atoms with van der Waals surface area (Å²) in [5.74, 6) is -11.6. The Morgan fingerprint density at radius 1 is 0.773 bits per heavy atom. The Bertz CT molecular complexity index is 1290. The van der Waals surface area contributed by atoms with E-state index < -0.39 is 76.6 Å². The SMILES string of the molecule is CCCOC/C(F)=C(\F)c1cc(F)c(C2CCC(/C=C/C3CCC(C(F)(F)Oc4cc(F)c(F)c(F)c4)CC3)CC2)c(F)c1. The summed E-state index contributed by atoms with van der Waals surface area (Å²) in [5, 5.41) is 0. The van der Waals surface area contributed by atoms with Crippen LogP contribution in [0.5, 0.6) is 5.75 Å². The maximum absolute atomic E-state index is 14.9. The maximum atomic E-state index is 14.9. The summed E-state index contributed by atoms with van der Waals surface area (Å²) in [4.78, 5) is 0. The van der Waals surface area contributed by atoms with E-state index in [2.05, 4.69) is 4.74 Å². The number of allylic oxidation sites excluding steroid dienone is 2. The summed E-state index contributed by atoms with van der Waals surface area (Å²) in [6, 6.07) is 2.39. The van der Waals surface area contributed by atoms with Crippen molar-refractivity contribution in [1.82, 2.24) is 0 Å². The van der Waals surface area contributed by atoms with Crippen molar-refractivity contribution in [2.45, 2.75) is 76.7 Å². The zero-order valence-electron chi connectivity index (χ0n) is 24.3. The molecular weight excluding hydrogens is 599 g/mol. The standard InChI is InChI=1S/C33H35F9O2/c1-2-13-43-18-29(38)31(39)22-14-25(34)30(26(35)15-22)21-9-5-19(6-10-21)3-4-20-7-11-23(12-8-20)33(41,42)44-24-16-27(36)32(40)28(37)17-24/h3-4,14-17,19-21,23H,2,5-13,18H2,1H3/b4-3+,31-29+. The Labute approximate surface area is 250 Å². The summed E-state index contributed by atoms with van der Waals surface area (Å²) >= 11 is 0. The van der Waals surface area contributed by atoms with E-state index in [0.717, 1.165) is 12.1 Å². The van der Waals surface area contributed by atoms with Crippen molar-refractivity contribution in [1.29, 1.82) is 0 Å². The monoisotopic (exact) mass is 634 g/mol. The van der Waals surface area contributed by atoms with Crippen LogP contribution in [0.2, 0.25) is 0 Å². The minimum atomic E-state index is -3.69. The molecule has 2 nitrogen and oxygen atoms in total. The van der Waals surface area contributed by atoms with E-state index in [1.807, 2.05) is 12.2 Å². The van der Waals surface area contributed by atoms with E-state index in [0.29, 0.717) is 57.1 Å².